The molecule has 0 aliphatic carbocycles. The van der Waals surface area contributed by atoms with Gasteiger partial charge in [-0.3, -0.25) is 0 Å². The normalized spacial score (nSPS) is 33.8. The smallest absolute Gasteiger partial charge is 0.382 e. The van der Waals surface area contributed by atoms with Crippen molar-refractivity contribution < 1.29 is 53.1 Å². The van der Waals surface area contributed by atoms with Gasteiger partial charge in [0.05, 0.1) is 52.9 Å². The number of hydrogen-bond donors (Lipinski definition) is 0. The van der Waals surface area contributed by atoms with Gasteiger partial charge in [-0.2, -0.15) is 0 Å². The summed E-state index contributed by atoms with van der Waals surface area (Å²) in [5.41, 5.74) is 0. The minimum absolute atomic E-state index is 0.267. The fourth-order valence-corrected chi connectivity index (χ4v) is 19.6. The summed E-state index contributed by atoms with van der Waals surface area (Å²) in [6.45, 7) is 9.61. The number of ether oxygens (including phenoxy) is 4. The van der Waals surface area contributed by atoms with Crippen LogP contribution in [0.25, 0.3) is 0 Å². The molecule has 1 aliphatic rings. The van der Waals surface area contributed by atoms with E-state index in [2.05, 4.69) is 0 Å². The molecular weight excluding hydrogens is 497 g/mol. The summed E-state index contributed by atoms with van der Waals surface area (Å²) >= 11 is 0. The molecule has 0 aromatic rings. The third-order valence-corrected chi connectivity index (χ3v) is 18.9. The molecule has 0 N–H and O–H groups in total. The summed E-state index contributed by atoms with van der Waals surface area (Å²) in [6, 6.07) is 0. The van der Waals surface area contributed by atoms with Crippen molar-refractivity contribution in [3.05, 3.63) is 0 Å². The Labute approximate surface area is 196 Å². The Morgan fingerprint density at radius 3 is 0.719 bits per heavy atom. The van der Waals surface area contributed by atoms with Gasteiger partial charge < -0.3 is 53.1 Å². The van der Waals surface area contributed by atoms with Crippen molar-refractivity contribution in [3.8, 4) is 0 Å². The fraction of sp³-hybridized carbons (Fsp3) is 1.00. The average molecular weight is 537 g/mol. The summed E-state index contributed by atoms with van der Waals surface area (Å²) in [5.74, 6) is 0. The van der Waals surface area contributed by atoms with Crippen LogP contribution >= 0.6 is 0 Å². The molecule has 1 heterocycles. The molecule has 0 aromatic carbocycles. The van der Waals surface area contributed by atoms with Gasteiger partial charge in [0.2, 0.25) is 0 Å². The SMILES string of the molecule is COCCO[Si]1(C)O[Si](C)(OCCOC)O[Si](C)(OCCOC)O[Si](C)(OCCOC)O1. The maximum Gasteiger partial charge on any atom is 0.483 e. The first kappa shape index (κ1) is 30.4. The van der Waals surface area contributed by atoms with Crippen molar-refractivity contribution in [3.63, 3.8) is 0 Å². The first-order valence-corrected chi connectivity index (χ1v) is 19.3. The predicted molar refractivity (Wildman–Crippen MR) is 122 cm³/mol. The van der Waals surface area contributed by atoms with Gasteiger partial charge in [-0.1, -0.05) is 0 Å². The van der Waals surface area contributed by atoms with Crippen molar-refractivity contribution in [1.82, 2.24) is 0 Å². The van der Waals surface area contributed by atoms with E-state index in [0.29, 0.717) is 26.4 Å². The molecule has 0 amide bonds. The Morgan fingerprint density at radius 2 is 0.562 bits per heavy atom. The van der Waals surface area contributed by atoms with E-state index < -0.39 is 35.2 Å². The molecule has 0 aromatic heterocycles. The van der Waals surface area contributed by atoms with Crippen LogP contribution in [0.4, 0.5) is 0 Å². The lowest BCUT2D eigenvalue weighted by Crippen LogP contribution is -2.70. The topological polar surface area (TPSA) is 111 Å². The maximum atomic E-state index is 6.41. The van der Waals surface area contributed by atoms with E-state index in [1.54, 1.807) is 54.6 Å². The van der Waals surface area contributed by atoms with Crippen molar-refractivity contribution in [2.75, 3.05) is 81.3 Å². The Bertz CT molecular complexity index is 421. The van der Waals surface area contributed by atoms with Crippen LogP contribution in [0.2, 0.25) is 26.2 Å². The van der Waals surface area contributed by atoms with Crippen molar-refractivity contribution in [2.45, 2.75) is 26.2 Å². The van der Waals surface area contributed by atoms with Gasteiger partial charge in [0.1, 0.15) is 0 Å². The molecule has 0 radical (unpaired) electrons. The fourth-order valence-electron chi connectivity index (χ4n) is 2.91. The molecule has 1 fully saturated rings. The second kappa shape index (κ2) is 14.7. The van der Waals surface area contributed by atoms with Crippen LogP contribution in [-0.2, 0) is 53.1 Å². The molecule has 1 rings (SSSR count). The minimum atomic E-state index is -3.34. The number of rotatable bonds is 16. The molecule has 0 bridgehead atoms. The van der Waals surface area contributed by atoms with Crippen LogP contribution in [0.1, 0.15) is 0 Å². The lowest BCUT2D eigenvalue weighted by molar-refractivity contribution is 0.00301. The predicted octanol–water partition coefficient (Wildman–Crippen LogP) is 0.993. The zero-order valence-electron chi connectivity index (χ0n) is 20.6. The van der Waals surface area contributed by atoms with E-state index in [1.807, 2.05) is 0 Å². The molecule has 12 nitrogen and oxygen atoms in total. The summed E-state index contributed by atoms with van der Waals surface area (Å²) < 4.78 is 70.2. The van der Waals surface area contributed by atoms with E-state index in [1.165, 1.54) is 0 Å². The Kier molecular flexibility index (Phi) is 14.0. The van der Waals surface area contributed by atoms with Crippen molar-refractivity contribution >= 4 is 35.2 Å². The lowest BCUT2D eigenvalue weighted by Gasteiger charge is -2.46. The van der Waals surface area contributed by atoms with Gasteiger partial charge >= 0.3 is 35.2 Å². The highest BCUT2D eigenvalue weighted by Crippen LogP contribution is 2.33. The summed E-state index contributed by atoms with van der Waals surface area (Å²) in [4.78, 5) is 0. The monoisotopic (exact) mass is 536 g/mol. The Balaban J connectivity index is 3.21. The zero-order chi connectivity index (χ0) is 24.1. The first-order valence-electron chi connectivity index (χ1n) is 10.4. The Hall–Kier alpha value is 0.388. The molecule has 0 spiro atoms. The largest absolute Gasteiger partial charge is 0.483 e. The van der Waals surface area contributed by atoms with Crippen molar-refractivity contribution in [2.24, 2.45) is 0 Å². The van der Waals surface area contributed by atoms with Crippen LogP contribution in [0.3, 0.4) is 0 Å². The molecule has 1 aliphatic heterocycles. The van der Waals surface area contributed by atoms with Crippen LogP contribution in [0.5, 0.6) is 0 Å². The highest BCUT2D eigenvalue weighted by atomic mass is 28.6. The highest BCUT2D eigenvalue weighted by molar-refractivity contribution is 6.87. The molecule has 1 saturated heterocycles. The second-order valence-electron chi connectivity index (χ2n) is 7.22. The van der Waals surface area contributed by atoms with Crippen LogP contribution in [0.15, 0.2) is 0 Å². The molecule has 0 unspecified atom stereocenters. The van der Waals surface area contributed by atoms with Gasteiger partial charge in [0.25, 0.3) is 0 Å². The summed E-state index contributed by atoms with van der Waals surface area (Å²) in [7, 11) is -7.02. The minimum Gasteiger partial charge on any atom is -0.382 e. The van der Waals surface area contributed by atoms with Crippen LogP contribution in [-0.4, -0.2) is 117 Å². The average Bonchev–Trinajstić information content (AvgIpc) is 2.67. The van der Waals surface area contributed by atoms with E-state index in [0.717, 1.165) is 0 Å². The third kappa shape index (κ3) is 11.2. The molecule has 192 valence electrons. The van der Waals surface area contributed by atoms with Gasteiger partial charge in [-0.25, -0.2) is 0 Å². The summed E-state index contributed by atoms with van der Waals surface area (Å²) in [6.07, 6.45) is 0. The maximum absolute atomic E-state index is 6.41. The molecular formula is C16H40O12Si4. The van der Waals surface area contributed by atoms with E-state index >= 15 is 0 Å². The number of methoxy groups -OCH3 is 4. The van der Waals surface area contributed by atoms with Gasteiger partial charge in [-0.15, -0.1) is 0 Å². The molecule has 0 atom stereocenters. The quantitative estimate of drug-likeness (QED) is 0.207. The van der Waals surface area contributed by atoms with E-state index in [-0.39, 0.29) is 26.4 Å². The molecule has 32 heavy (non-hydrogen) atoms. The van der Waals surface area contributed by atoms with E-state index in [4.69, 9.17) is 53.1 Å². The third-order valence-electron chi connectivity index (χ3n) is 4.09. The second-order valence-corrected chi connectivity index (χ2v) is 18.5. The van der Waals surface area contributed by atoms with Gasteiger partial charge in [-0.05, 0) is 0 Å². The summed E-state index contributed by atoms with van der Waals surface area (Å²) in [5, 5.41) is 0. The standard InChI is InChI=1S/C16H40O12Si4/c1-17-9-13-21-29(5)25-30(6,22-14-10-18-2)27-32(8,24-16-12-20-4)28-31(7,26-29)23-15-11-19-3/h9-16H2,1-8H3. The van der Waals surface area contributed by atoms with Gasteiger partial charge in [0.15, 0.2) is 0 Å². The highest BCUT2D eigenvalue weighted by Gasteiger charge is 2.62. The number of hydrogen-bond acceptors (Lipinski definition) is 12. The van der Waals surface area contributed by atoms with Crippen LogP contribution in [0, 0.1) is 0 Å². The molecule has 0 saturated carbocycles. The van der Waals surface area contributed by atoms with E-state index in [9.17, 15) is 0 Å². The van der Waals surface area contributed by atoms with Crippen LogP contribution < -0.4 is 0 Å². The zero-order valence-corrected chi connectivity index (χ0v) is 24.6. The first-order chi connectivity index (χ1) is 15.1. The van der Waals surface area contributed by atoms with Gasteiger partial charge in [0, 0.05) is 54.6 Å². The Morgan fingerprint density at radius 1 is 0.375 bits per heavy atom. The van der Waals surface area contributed by atoms with Crippen molar-refractivity contribution in [1.29, 1.82) is 0 Å². The lowest BCUT2D eigenvalue weighted by atomic mass is 10.8. The molecule has 16 heteroatoms.